The monoisotopic (exact) mass is 424 g/mol. The van der Waals surface area contributed by atoms with E-state index < -0.39 is 0 Å². The topological polar surface area (TPSA) is 59.9 Å². The van der Waals surface area contributed by atoms with Gasteiger partial charge >= 0.3 is 0 Å². The van der Waals surface area contributed by atoms with Gasteiger partial charge in [-0.2, -0.15) is 5.10 Å². The van der Waals surface area contributed by atoms with Crippen molar-refractivity contribution in [2.75, 3.05) is 13.7 Å². The Bertz CT molecular complexity index is 786. The normalized spacial score (nSPS) is 10.8. The third kappa shape index (κ3) is 5.47. The lowest BCUT2D eigenvalue weighted by molar-refractivity contribution is -0.123. The van der Waals surface area contributed by atoms with Crippen molar-refractivity contribution < 1.29 is 14.3 Å². The summed E-state index contributed by atoms with van der Waals surface area (Å²) >= 11 is 9.47. The molecule has 0 saturated carbocycles. The number of hydrogen-bond donors (Lipinski definition) is 1. The number of nitrogens with one attached hydrogen (secondary N) is 1. The van der Waals surface area contributed by atoms with E-state index in [1.54, 1.807) is 25.3 Å². The summed E-state index contributed by atoms with van der Waals surface area (Å²) in [6.07, 6.45) is 1.50. The second-order valence-corrected chi connectivity index (χ2v) is 6.63. The van der Waals surface area contributed by atoms with Crippen LogP contribution in [0, 0.1) is 13.8 Å². The van der Waals surface area contributed by atoms with Crippen LogP contribution in [0.5, 0.6) is 11.5 Å². The zero-order valence-corrected chi connectivity index (χ0v) is 16.4. The Morgan fingerprint density at radius 1 is 1.32 bits per heavy atom. The molecule has 1 N–H and O–H groups in total. The van der Waals surface area contributed by atoms with Gasteiger partial charge in [0, 0.05) is 0 Å². The first kappa shape index (κ1) is 19.3. The molecule has 2 aromatic carbocycles. The van der Waals surface area contributed by atoms with E-state index in [2.05, 4.69) is 26.5 Å². The smallest absolute Gasteiger partial charge is 0.277 e. The van der Waals surface area contributed by atoms with Gasteiger partial charge in [-0.15, -0.1) is 0 Å². The molecule has 7 heteroatoms. The molecule has 0 aromatic heterocycles. The second-order valence-electron chi connectivity index (χ2n) is 5.37. The Labute approximate surface area is 160 Å². The summed E-state index contributed by atoms with van der Waals surface area (Å²) in [6.45, 7) is 3.79. The van der Waals surface area contributed by atoms with Crippen LogP contribution in [-0.4, -0.2) is 25.8 Å². The summed E-state index contributed by atoms with van der Waals surface area (Å²) in [7, 11) is 1.54. The highest BCUT2D eigenvalue weighted by Gasteiger charge is 2.09. The minimum atomic E-state index is -0.359. The number of rotatable bonds is 6. The molecule has 0 aliphatic carbocycles. The molecular weight excluding hydrogens is 408 g/mol. The van der Waals surface area contributed by atoms with Gasteiger partial charge in [0.2, 0.25) is 0 Å². The van der Waals surface area contributed by atoms with Crippen molar-refractivity contribution in [2.45, 2.75) is 13.8 Å². The van der Waals surface area contributed by atoms with E-state index in [4.69, 9.17) is 21.1 Å². The van der Waals surface area contributed by atoms with E-state index in [1.165, 1.54) is 6.21 Å². The van der Waals surface area contributed by atoms with E-state index >= 15 is 0 Å². The van der Waals surface area contributed by atoms with Crippen LogP contribution in [0.2, 0.25) is 5.02 Å². The minimum absolute atomic E-state index is 0.136. The quantitative estimate of drug-likeness (QED) is 0.556. The van der Waals surface area contributed by atoms with E-state index in [-0.39, 0.29) is 12.5 Å². The van der Waals surface area contributed by atoms with E-state index in [0.717, 1.165) is 21.2 Å². The number of carbonyl (C=O) groups excluding carboxylic acids is 1. The van der Waals surface area contributed by atoms with Crippen LogP contribution in [-0.2, 0) is 4.79 Å². The summed E-state index contributed by atoms with van der Waals surface area (Å²) in [5.74, 6) is 0.865. The van der Waals surface area contributed by atoms with Gasteiger partial charge in [0.05, 0.1) is 22.8 Å². The average molecular weight is 426 g/mol. The number of ether oxygens (including phenoxy) is 2. The molecule has 0 atom stereocenters. The first-order chi connectivity index (χ1) is 11.9. The van der Waals surface area contributed by atoms with Crippen LogP contribution in [0.1, 0.15) is 16.7 Å². The zero-order chi connectivity index (χ0) is 18.4. The van der Waals surface area contributed by atoms with Gasteiger partial charge < -0.3 is 9.47 Å². The summed E-state index contributed by atoms with van der Waals surface area (Å²) in [6, 6.07) is 9.13. The molecule has 0 heterocycles. The van der Waals surface area contributed by atoms with Crippen molar-refractivity contribution in [3.05, 3.63) is 56.5 Å². The van der Waals surface area contributed by atoms with Gasteiger partial charge in [-0.25, -0.2) is 5.43 Å². The summed E-state index contributed by atoms with van der Waals surface area (Å²) < 4.78 is 11.5. The van der Waals surface area contributed by atoms with Crippen LogP contribution in [0.25, 0.3) is 0 Å². The maximum absolute atomic E-state index is 11.9. The van der Waals surface area contributed by atoms with Gasteiger partial charge in [-0.1, -0.05) is 17.7 Å². The highest BCUT2D eigenvalue weighted by Crippen LogP contribution is 2.30. The van der Waals surface area contributed by atoms with E-state index in [9.17, 15) is 4.79 Å². The van der Waals surface area contributed by atoms with Crippen molar-refractivity contribution >= 4 is 39.7 Å². The van der Waals surface area contributed by atoms with Crippen LogP contribution >= 0.6 is 27.5 Å². The van der Waals surface area contributed by atoms with Gasteiger partial charge in [0.15, 0.2) is 6.61 Å². The number of amides is 1. The molecule has 2 aromatic rings. The lowest BCUT2D eigenvalue weighted by Crippen LogP contribution is -2.24. The largest absolute Gasteiger partial charge is 0.495 e. The molecule has 0 unspecified atom stereocenters. The van der Waals surface area contributed by atoms with Gasteiger partial charge in [0.25, 0.3) is 5.91 Å². The molecule has 1 amide bonds. The Kier molecular flexibility index (Phi) is 6.84. The molecule has 0 aliphatic rings. The first-order valence-corrected chi connectivity index (χ1v) is 8.62. The number of hydrazone groups is 1. The first-order valence-electron chi connectivity index (χ1n) is 7.45. The molecular formula is C18H18BrClN2O3. The minimum Gasteiger partial charge on any atom is -0.495 e. The molecule has 25 heavy (non-hydrogen) atoms. The highest BCUT2D eigenvalue weighted by atomic mass is 79.9. The lowest BCUT2D eigenvalue weighted by Gasteiger charge is -2.11. The summed E-state index contributed by atoms with van der Waals surface area (Å²) in [4.78, 5) is 11.9. The molecule has 0 spiro atoms. The van der Waals surface area contributed by atoms with Crippen LogP contribution in [0.15, 0.2) is 39.9 Å². The van der Waals surface area contributed by atoms with Crippen molar-refractivity contribution in [2.24, 2.45) is 5.10 Å². The Hall–Kier alpha value is -2.05. The number of aryl methyl sites for hydroxylation is 2. The van der Waals surface area contributed by atoms with Crippen molar-refractivity contribution in [1.29, 1.82) is 0 Å². The molecule has 0 fully saturated rings. The molecule has 132 valence electrons. The zero-order valence-electron chi connectivity index (χ0n) is 14.1. The molecule has 0 saturated heterocycles. The number of benzene rings is 2. The number of hydrogen-bond acceptors (Lipinski definition) is 4. The SMILES string of the molecule is COc1ccc(/C=N\NC(=O)COc2c(C)cc(C)cc2Br)cc1Cl. The number of nitrogens with zero attached hydrogens (tertiary/aromatic N) is 1. The third-order valence-electron chi connectivity index (χ3n) is 3.30. The fourth-order valence-electron chi connectivity index (χ4n) is 2.20. The molecule has 0 radical (unpaired) electrons. The van der Waals surface area contributed by atoms with Crippen molar-refractivity contribution in [3.8, 4) is 11.5 Å². The Morgan fingerprint density at radius 2 is 2.08 bits per heavy atom. The summed E-state index contributed by atoms with van der Waals surface area (Å²) in [5.41, 5.74) is 5.23. The van der Waals surface area contributed by atoms with E-state index in [0.29, 0.717) is 16.5 Å². The second kappa shape index (κ2) is 8.87. The fraction of sp³-hybridized carbons (Fsp3) is 0.222. The standard InChI is InChI=1S/C18H18BrClN2O3/c1-11-6-12(2)18(14(19)7-11)25-10-17(23)22-21-9-13-4-5-16(24-3)15(20)8-13/h4-9H,10H2,1-3H3,(H,22,23)/b21-9-. The lowest BCUT2D eigenvalue weighted by atomic mass is 10.1. The number of halogens is 2. The van der Waals surface area contributed by atoms with Crippen molar-refractivity contribution in [3.63, 3.8) is 0 Å². The molecule has 0 bridgehead atoms. The molecule has 2 rings (SSSR count). The molecule has 5 nitrogen and oxygen atoms in total. The van der Waals surface area contributed by atoms with Gasteiger partial charge in [-0.05, 0) is 70.7 Å². The predicted octanol–water partition coefficient (Wildman–Crippen LogP) is 4.26. The highest BCUT2D eigenvalue weighted by molar-refractivity contribution is 9.10. The third-order valence-corrected chi connectivity index (χ3v) is 4.18. The van der Waals surface area contributed by atoms with Crippen LogP contribution < -0.4 is 14.9 Å². The maximum Gasteiger partial charge on any atom is 0.277 e. The van der Waals surface area contributed by atoms with Gasteiger partial charge in [-0.3, -0.25) is 4.79 Å². The van der Waals surface area contributed by atoms with Crippen molar-refractivity contribution in [1.82, 2.24) is 5.43 Å². The van der Waals surface area contributed by atoms with E-state index in [1.807, 2.05) is 26.0 Å². The number of methoxy groups -OCH3 is 1. The summed E-state index contributed by atoms with van der Waals surface area (Å²) in [5, 5.41) is 4.37. The maximum atomic E-state index is 11.9. The fourth-order valence-corrected chi connectivity index (χ4v) is 3.25. The van der Waals surface area contributed by atoms with Crippen LogP contribution in [0.3, 0.4) is 0 Å². The Morgan fingerprint density at radius 3 is 2.72 bits per heavy atom. The van der Waals surface area contributed by atoms with Gasteiger partial charge in [0.1, 0.15) is 11.5 Å². The predicted molar refractivity (Wildman–Crippen MR) is 103 cm³/mol. The van der Waals surface area contributed by atoms with Crippen LogP contribution in [0.4, 0.5) is 0 Å². The Balaban J connectivity index is 1.90. The number of carbonyl (C=O) groups is 1. The average Bonchev–Trinajstić information content (AvgIpc) is 2.54. The molecule has 0 aliphatic heterocycles.